The molecule has 2 heterocycles. The van der Waals surface area contributed by atoms with Gasteiger partial charge in [0, 0.05) is 0 Å². The number of aromatic amines is 1. The highest BCUT2D eigenvalue weighted by molar-refractivity contribution is 5.39. The minimum atomic E-state index is 0. The molecule has 6 nitrogen and oxygen atoms in total. The summed E-state index contributed by atoms with van der Waals surface area (Å²) in [5.41, 5.74) is 3.00. The number of aromatic nitrogens is 5. The molecule has 13 heavy (non-hydrogen) atoms. The predicted octanol–water partition coefficient (Wildman–Crippen LogP) is -0.217. The molecule has 0 aliphatic rings. The molecule has 0 spiro atoms. The van der Waals surface area contributed by atoms with Crippen molar-refractivity contribution in [3.63, 3.8) is 0 Å². The van der Waals surface area contributed by atoms with Crippen LogP contribution in [0.1, 0.15) is 11.4 Å². The van der Waals surface area contributed by atoms with Gasteiger partial charge in [0.1, 0.15) is 12.7 Å². The Morgan fingerprint density at radius 2 is 1.85 bits per heavy atom. The Morgan fingerprint density at radius 1 is 1.23 bits per heavy atom. The molecule has 0 aliphatic carbocycles. The Bertz CT molecular complexity index is 358. The number of rotatable bonds is 1. The minimum Gasteiger partial charge on any atom is -0.412 e. The van der Waals surface area contributed by atoms with Gasteiger partial charge in [-0.1, -0.05) is 0 Å². The lowest BCUT2D eigenvalue weighted by Crippen LogP contribution is -1.92. The van der Waals surface area contributed by atoms with E-state index in [9.17, 15) is 0 Å². The van der Waals surface area contributed by atoms with E-state index in [2.05, 4.69) is 20.4 Å². The van der Waals surface area contributed by atoms with E-state index < -0.39 is 0 Å². The Kier molecular flexibility index (Phi) is 2.43. The Hall–Kier alpha value is -1.69. The fourth-order valence-corrected chi connectivity index (χ4v) is 1.24. The van der Waals surface area contributed by atoms with E-state index in [4.69, 9.17) is 0 Å². The first-order chi connectivity index (χ1) is 5.79. The molecule has 0 saturated heterocycles. The Balaban J connectivity index is 0.000000845. The predicted molar refractivity (Wildman–Crippen MR) is 46.6 cm³/mol. The van der Waals surface area contributed by atoms with Crippen LogP contribution in [0.3, 0.4) is 0 Å². The van der Waals surface area contributed by atoms with E-state index in [1.807, 2.05) is 18.4 Å². The topological polar surface area (TPSA) is 90.9 Å². The van der Waals surface area contributed by atoms with Gasteiger partial charge in [-0.2, -0.15) is 5.10 Å². The number of aryl methyl sites for hydroxylation is 2. The van der Waals surface area contributed by atoms with Crippen molar-refractivity contribution in [3.05, 3.63) is 24.0 Å². The van der Waals surface area contributed by atoms with Crippen molar-refractivity contribution in [2.75, 3.05) is 0 Å². The van der Waals surface area contributed by atoms with Gasteiger partial charge in [0.05, 0.1) is 17.1 Å². The summed E-state index contributed by atoms with van der Waals surface area (Å²) >= 11 is 0. The maximum absolute atomic E-state index is 4.07. The van der Waals surface area contributed by atoms with E-state index in [-0.39, 0.29) is 5.48 Å². The van der Waals surface area contributed by atoms with Crippen LogP contribution in [0.2, 0.25) is 0 Å². The molecule has 0 unspecified atom stereocenters. The monoisotopic (exact) mass is 181 g/mol. The summed E-state index contributed by atoms with van der Waals surface area (Å²) in [4.78, 5) is 0. The summed E-state index contributed by atoms with van der Waals surface area (Å²) < 4.78 is 1.84. The molecule has 0 aliphatic heterocycles. The van der Waals surface area contributed by atoms with E-state index in [0.717, 1.165) is 17.1 Å². The van der Waals surface area contributed by atoms with Gasteiger partial charge in [-0.25, -0.2) is 0 Å². The number of hydrogen-bond donors (Lipinski definition) is 1. The van der Waals surface area contributed by atoms with Crippen molar-refractivity contribution in [1.82, 2.24) is 25.0 Å². The lowest BCUT2D eigenvalue weighted by molar-refractivity contribution is 0.824. The Labute approximate surface area is 74.9 Å². The standard InChI is InChI=1S/C7H9N5.H2O/c1-5-7(6(2)11-10-5)12-3-8-9-4-12;/h3-4H,1-2H3,(H,10,11);1H2. The van der Waals surface area contributed by atoms with Gasteiger partial charge < -0.3 is 5.48 Å². The Morgan fingerprint density at radius 3 is 2.31 bits per heavy atom. The molecule has 3 N–H and O–H groups in total. The van der Waals surface area contributed by atoms with E-state index in [1.54, 1.807) is 12.7 Å². The third-order valence-corrected chi connectivity index (χ3v) is 1.77. The molecule has 0 bridgehead atoms. The average Bonchev–Trinajstić information content (AvgIpc) is 2.61. The third kappa shape index (κ3) is 1.43. The lowest BCUT2D eigenvalue weighted by Gasteiger charge is -1.98. The van der Waals surface area contributed by atoms with Crippen molar-refractivity contribution >= 4 is 0 Å². The number of H-pyrrole nitrogens is 1. The quantitative estimate of drug-likeness (QED) is 0.659. The molecule has 0 fully saturated rings. The van der Waals surface area contributed by atoms with Gasteiger partial charge in [0.2, 0.25) is 0 Å². The second-order valence-electron chi connectivity index (χ2n) is 2.65. The van der Waals surface area contributed by atoms with Crippen LogP contribution >= 0.6 is 0 Å². The molecule has 0 radical (unpaired) electrons. The summed E-state index contributed by atoms with van der Waals surface area (Å²) in [6.45, 7) is 3.91. The third-order valence-electron chi connectivity index (χ3n) is 1.77. The summed E-state index contributed by atoms with van der Waals surface area (Å²) in [5.74, 6) is 0. The number of nitrogens with one attached hydrogen (secondary N) is 1. The average molecular weight is 181 g/mol. The van der Waals surface area contributed by atoms with Gasteiger partial charge in [-0.05, 0) is 13.8 Å². The minimum absolute atomic E-state index is 0. The zero-order valence-electron chi connectivity index (χ0n) is 7.44. The molecular formula is C7H11N5O. The summed E-state index contributed by atoms with van der Waals surface area (Å²) in [5, 5.41) is 14.4. The highest BCUT2D eigenvalue weighted by Gasteiger charge is 2.07. The van der Waals surface area contributed by atoms with Crippen LogP contribution in [0.4, 0.5) is 0 Å². The highest BCUT2D eigenvalue weighted by Crippen LogP contribution is 2.13. The molecule has 2 aromatic rings. The number of hydrogen-bond acceptors (Lipinski definition) is 3. The van der Waals surface area contributed by atoms with Crippen molar-refractivity contribution < 1.29 is 5.48 Å². The molecule has 70 valence electrons. The van der Waals surface area contributed by atoms with Crippen LogP contribution in [0.15, 0.2) is 12.7 Å². The van der Waals surface area contributed by atoms with E-state index in [1.165, 1.54) is 0 Å². The first-order valence-electron chi connectivity index (χ1n) is 3.65. The van der Waals surface area contributed by atoms with Gasteiger partial charge in [0.15, 0.2) is 0 Å². The molecule has 2 aromatic heterocycles. The van der Waals surface area contributed by atoms with Crippen LogP contribution in [-0.2, 0) is 0 Å². The van der Waals surface area contributed by atoms with Crippen molar-refractivity contribution in [1.29, 1.82) is 0 Å². The van der Waals surface area contributed by atoms with E-state index >= 15 is 0 Å². The summed E-state index contributed by atoms with van der Waals surface area (Å²) in [7, 11) is 0. The van der Waals surface area contributed by atoms with E-state index in [0.29, 0.717) is 0 Å². The number of nitrogens with zero attached hydrogens (tertiary/aromatic N) is 4. The normalized spacial score (nSPS) is 9.69. The zero-order chi connectivity index (χ0) is 8.55. The first kappa shape index (κ1) is 9.40. The largest absolute Gasteiger partial charge is 0.412 e. The van der Waals surface area contributed by atoms with Gasteiger partial charge in [-0.15, -0.1) is 10.2 Å². The van der Waals surface area contributed by atoms with Crippen molar-refractivity contribution in [3.8, 4) is 5.69 Å². The van der Waals surface area contributed by atoms with Crippen LogP contribution in [0, 0.1) is 13.8 Å². The molecule has 0 atom stereocenters. The second kappa shape index (κ2) is 3.36. The second-order valence-corrected chi connectivity index (χ2v) is 2.65. The van der Waals surface area contributed by atoms with Crippen LogP contribution in [-0.4, -0.2) is 30.4 Å². The fourth-order valence-electron chi connectivity index (χ4n) is 1.24. The van der Waals surface area contributed by atoms with Crippen LogP contribution in [0.5, 0.6) is 0 Å². The van der Waals surface area contributed by atoms with Crippen LogP contribution < -0.4 is 0 Å². The van der Waals surface area contributed by atoms with Crippen LogP contribution in [0.25, 0.3) is 5.69 Å². The van der Waals surface area contributed by atoms with Gasteiger partial charge in [0.25, 0.3) is 0 Å². The van der Waals surface area contributed by atoms with Crippen molar-refractivity contribution in [2.24, 2.45) is 0 Å². The molecule has 2 rings (SSSR count). The highest BCUT2D eigenvalue weighted by atomic mass is 16.0. The van der Waals surface area contributed by atoms with Gasteiger partial charge in [-0.3, -0.25) is 9.67 Å². The van der Waals surface area contributed by atoms with Gasteiger partial charge >= 0.3 is 0 Å². The maximum Gasteiger partial charge on any atom is 0.124 e. The molecule has 0 aromatic carbocycles. The lowest BCUT2D eigenvalue weighted by atomic mass is 10.3. The molecule has 6 heteroatoms. The molecular weight excluding hydrogens is 170 g/mol. The molecule has 0 saturated carbocycles. The molecule has 0 amide bonds. The fraction of sp³-hybridized carbons (Fsp3) is 0.286. The maximum atomic E-state index is 4.07. The summed E-state index contributed by atoms with van der Waals surface area (Å²) in [6.07, 6.45) is 3.32. The zero-order valence-corrected chi connectivity index (χ0v) is 7.44. The SMILES string of the molecule is Cc1n[nH]c(C)c1-n1cnnc1.O. The summed E-state index contributed by atoms with van der Waals surface area (Å²) in [6, 6.07) is 0. The van der Waals surface area contributed by atoms with Crippen molar-refractivity contribution in [2.45, 2.75) is 13.8 Å². The smallest absolute Gasteiger partial charge is 0.124 e. The first-order valence-corrected chi connectivity index (χ1v) is 3.65.